The van der Waals surface area contributed by atoms with E-state index >= 15 is 0 Å². The van der Waals surface area contributed by atoms with Gasteiger partial charge in [-0.3, -0.25) is 0 Å². The molecule has 1 aliphatic rings. The highest BCUT2D eigenvalue weighted by Crippen LogP contribution is 2.37. The maximum Gasteiger partial charge on any atom is 0.120 e. The predicted molar refractivity (Wildman–Crippen MR) is 83.9 cm³/mol. The second kappa shape index (κ2) is 5.45. The minimum Gasteiger partial charge on any atom is -0.508 e. The largest absolute Gasteiger partial charge is 0.508 e. The van der Waals surface area contributed by atoms with Crippen LogP contribution in [0.25, 0.3) is 10.8 Å². The lowest BCUT2D eigenvalue weighted by molar-refractivity contribution is 0.314. The number of fused-ring (bicyclic) bond motifs is 1. The van der Waals surface area contributed by atoms with E-state index in [1.165, 1.54) is 31.1 Å². The van der Waals surface area contributed by atoms with Crippen molar-refractivity contribution in [3.8, 4) is 5.75 Å². The Morgan fingerprint density at radius 3 is 2.65 bits per heavy atom. The van der Waals surface area contributed by atoms with Crippen LogP contribution in [-0.4, -0.2) is 11.7 Å². The van der Waals surface area contributed by atoms with E-state index in [0.717, 1.165) is 24.0 Å². The summed E-state index contributed by atoms with van der Waals surface area (Å²) in [6.07, 6.45) is 5.36. The Bertz CT molecular complexity index is 599. The van der Waals surface area contributed by atoms with E-state index in [9.17, 15) is 5.11 Å². The predicted octanol–water partition coefficient (Wildman–Crippen LogP) is 4.22. The first kappa shape index (κ1) is 13.4. The molecular weight excluding hydrogens is 246 g/mol. The first-order chi connectivity index (χ1) is 9.68. The topological polar surface area (TPSA) is 32.3 Å². The van der Waals surface area contributed by atoms with Crippen LogP contribution in [0.3, 0.4) is 0 Å². The van der Waals surface area contributed by atoms with Gasteiger partial charge in [0.1, 0.15) is 5.75 Å². The van der Waals surface area contributed by atoms with Crippen LogP contribution in [-0.2, 0) is 6.54 Å². The molecule has 0 saturated heterocycles. The lowest BCUT2D eigenvalue weighted by atomic mass is 9.89. The fourth-order valence-electron chi connectivity index (χ4n) is 3.40. The molecule has 3 rings (SSSR count). The zero-order chi connectivity index (χ0) is 14.0. The van der Waals surface area contributed by atoms with E-state index < -0.39 is 0 Å². The molecule has 0 atom stereocenters. The quantitative estimate of drug-likeness (QED) is 0.871. The van der Waals surface area contributed by atoms with Crippen LogP contribution in [0.5, 0.6) is 5.75 Å². The summed E-state index contributed by atoms with van der Waals surface area (Å²) in [5.41, 5.74) is 1.46. The third-order valence-corrected chi connectivity index (χ3v) is 4.68. The summed E-state index contributed by atoms with van der Waals surface area (Å²) in [5, 5.41) is 16.0. The number of hydrogen-bond donors (Lipinski definition) is 2. The molecule has 2 heteroatoms. The molecule has 2 N–H and O–H groups in total. The molecule has 0 bridgehead atoms. The van der Waals surface area contributed by atoms with Crippen molar-refractivity contribution in [1.82, 2.24) is 5.32 Å². The average Bonchev–Trinajstić information content (AvgIpc) is 2.88. The van der Waals surface area contributed by atoms with Crippen LogP contribution in [0.4, 0.5) is 0 Å². The second-order valence-electron chi connectivity index (χ2n) is 6.41. The Morgan fingerprint density at radius 1 is 1.10 bits per heavy atom. The van der Waals surface area contributed by atoms with Gasteiger partial charge in [0.15, 0.2) is 0 Å². The smallest absolute Gasteiger partial charge is 0.120 e. The van der Waals surface area contributed by atoms with Crippen LogP contribution >= 0.6 is 0 Å². The van der Waals surface area contributed by atoms with Crippen molar-refractivity contribution in [3.63, 3.8) is 0 Å². The summed E-state index contributed by atoms with van der Waals surface area (Å²) in [6.45, 7) is 4.15. The maximum atomic E-state index is 10.1. The molecule has 1 aliphatic carbocycles. The Labute approximate surface area is 120 Å². The number of aromatic hydroxyl groups is 1. The van der Waals surface area contributed by atoms with E-state index in [2.05, 4.69) is 24.4 Å². The summed E-state index contributed by atoms with van der Waals surface area (Å²) < 4.78 is 0. The fourth-order valence-corrected chi connectivity index (χ4v) is 3.40. The van der Waals surface area contributed by atoms with Gasteiger partial charge in [-0.2, -0.15) is 0 Å². The lowest BCUT2D eigenvalue weighted by Crippen LogP contribution is -2.29. The van der Waals surface area contributed by atoms with Crippen molar-refractivity contribution in [2.75, 3.05) is 6.54 Å². The SMILES string of the molecule is CC1(CNCc2c(O)ccc3ccccc23)CCCC1. The lowest BCUT2D eigenvalue weighted by Gasteiger charge is -2.24. The fraction of sp³-hybridized carbons (Fsp3) is 0.444. The normalized spacial score (nSPS) is 17.6. The molecule has 0 spiro atoms. The zero-order valence-corrected chi connectivity index (χ0v) is 12.2. The Hall–Kier alpha value is -1.54. The molecule has 0 amide bonds. The minimum atomic E-state index is 0.396. The molecule has 2 aromatic carbocycles. The van der Waals surface area contributed by atoms with Crippen LogP contribution in [0.1, 0.15) is 38.2 Å². The first-order valence-corrected chi connectivity index (χ1v) is 7.58. The van der Waals surface area contributed by atoms with E-state index in [4.69, 9.17) is 0 Å². The summed E-state index contributed by atoms with van der Waals surface area (Å²) in [6, 6.07) is 12.0. The summed E-state index contributed by atoms with van der Waals surface area (Å²) in [5.74, 6) is 0.396. The molecule has 0 aromatic heterocycles. The summed E-state index contributed by atoms with van der Waals surface area (Å²) in [7, 11) is 0. The van der Waals surface area contributed by atoms with Crippen molar-refractivity contribution in [1.29, 1.82) is 0 Å². The first-order valence-electron chi connectivity index (χ1n) is 7.58. The van der Waals surface area contributed by atoms with E-state index in [-0.39, 0.29) is 0 Å². The van der Waals surface area contributed by atoms with Crippen LogP contribution in [0.15, 0.2) is 36.4 Å². The van der Waals surface area contributed by atoms with Crippen LogP contribution < -0.4 is 5.32 Å². The minimum absolute atomic E-state index is 0.396. The molecule has 0 radical (unpaired) electrons. The van der Waals surface area contributed by atoms with Gasteiger partial charge >= 0.3 is 0 Å². The molecule has 106 valence electrons. The molecule has 20 heavy (non-hydrogen) atoms. The summed E-state index contributed by atoms with van der Waals surface area (Å²) in [4.78, 5) is 0. The van der Waals surface area contributed by atoms with Crippen molar-refractivity contribution >= 4 is 10.8 Å². The zero-order valence-electron chi connectivity index (χ0n) is 12.2. The van der Waals surface area contributed by atoms with E-state index in [1.807, 2.05) is 18.2 Å². The van der Waals surface area contributed by atoms with Crippen molar-refractivity contribution < 1.29 is 5.11 Å². The molecule has 2 nitrogen and oxygen atoms in total. The molecule has 2 aromatic rings. The second-order valence-corrected chi connectivity index (χ2v) is 6.41. The Morgan fingerprint density at radius 2 is 1.85 bits per heavy atom. The molecule has 1 saturated carbocycles. The third-order valence-electron chi connectivity index (χ3n) is 4.68. The van der Waals surface area contributed by atoms with Gasteiger partial charge in [0.25, 0.3) is 0 Å². The van der Waals surface area contributed by atoms with Gasteiger partial charge in [-0.15, -0.1) is 0 Å². The standard InChI is InChI=1S/C18H23NO/c1-18(10-4-5-11-18)13-19-12-16-15-7-3-2-6-14(15)8-9-17(16)20/h2-3,6-9,19-20H,4-5,10-13H2,1H3. The Balaban J connectivity index is 1.75. The van der Waals surface area contributed by atoms with Gasteiger partial charge in [0.05, 0.1) is 0 Å². The van der Waals surface area contributed by atoms with Gasteiger partial charge in [-0.05, 0) is 35.1 Å². The number of phenolic OH excluding ortho intramolecular Hbond substituents is 1. The highest BCUT2D eigenvalue weighted by Gasteiger charge is 2.27. The van der Waals surface area contributed by atoms with Gasteiger partial charge in [0.2, 0.25) is 0 Å². The highest BCUT2D eigenvalue weighted by atomic mass is 16.3. The molecule has 0 unspecified atom stereocenters. The summed E-state index contributed by atoms with van der Waals surface area (Å²) >= 11 is 0. The van der Waals surface area contributed by atoms with Crippen LogP contribution in [0.2, 0.25) is 0 Å². The van der Waals surface area contributed by atoms with Crippen molar-refractivity contribution in [3.05, 3.63) is 42.0 Å². The van der Waals surface area contributed by atoms with Gasteiger partial charge in [-0.1, -0.05) is 50.1 Å². The number of rotatable bonds is 4. The van der Waals surface area contributed by atoms with Crippen LogP contribution in [0, 0.1) is 5.41 Å². The van der Waals surface area contributed by atoms with Crippen molar-refractivity contribution in [2.45, 2.75) is 39.2 Å². The third kappa shape index (κ3) is 2.66. The van der Waals surface area contributed by atoms with Gasteiger partial charge in [-0.25, -0.2) is 0 Å². The molecule has 1 fully saturated rings. The highest BCUT2D eigenvalue weighted by molar-refractivity contribution is 5.87. The van der Waals surface area contributed by atoms with E-state index in [0.29, 0.717) is 11.2 Å². The number of hydrogen-bond acceptors (Lipinski definition) is 2. The van der Waals surface area contributed by atoms with Gasteiger partial charge < -0.3 is 10.4 Å². The molecular formula is C18H23NO. The average molecular weight is 269 g/mol. The molecule has 0 aliphatic heterocycles. The maximum absolute atomic E-state index is 10.1. The number of benzene rings is 2. The Kier molecular flexibility index (Phi) is 3.66. The molecule has 0 heterocycles. The number of nitrogens with one attached hydrogen (secondary N) is 1. The van der Waals surface area contributed by atoms with E-state index in [1.54, 1.807) is 6.07 Å². The number of phenols is 1. The van der Waals surface area contributed by atoms with Gasteiger partial charge in [0, 0.05) is 18.7 Å². The monoisotopic (exact) mass is 269 g/mol. The van der Waals surface area contributed by atoms with Crippen molar-refractivity contribution in [2.24, 2.45) is 5.41 Å².